The summed E-state index contributed by atoms with van der Waals surface area (Å²) in [6.07, 6.45) is 0.817. The SMILES string of the molecule is Cc1ccc(NC(=O)NNC(=O)[C@@H]2C[C@@H]2c2ccccc2)cc1. The van der Waals surface area contributed by atoms with Crippen molar-refractivity contribution in [3.8, 4) is 0 Å². The molecule has 1 aliphatic carbocycles. The number of aryl methyl sites for hydroxylation is 1. The molecule has 5 heteroatoms. The molecule has 118 valence electrons. The summed E-state index contributed by atoms with van der Waals surface area (Å²) in [4.78, 5) is 23.8. The monoisotopic (exact) mass is 309 g/mol. The third kappa shape index (κ3) is 3.88. The number of hydrogen-bond donors (Lipinski definition) is 3. The lowest BCUT2D eigenvalue weighted by atomic mass is 10.1. The maximum absolute atomic E-state index is 12.0. The first-order valence-electron chi connectivity index (χ1n) is 7.62. The van der Waals surface area contributed by atoms with E-state index in [1.165, 1.54) is 0 Å². The lowest BCUT2D eigenvalue weighted by molar-refractivity contribution is -0.123. The molecule has 3 rings (SSSR count). The van der Waals surface area contributed by atoms with Gasteiger partial charge in [0.05, 0.1) is 0 Å². The number of amides is 3. The van der Waals surface area contributed by atoms with Gasteiger partial charge in [-0.15, -0.1) is 0 Å². The van der Waals surface area contributed by atoms with E-state index in [9.17, 15) is 9.59 Å². The molecule has 0 heterocycles. The largest absolute Gasteiger partial charge is 0.337 e. The van der Waals surface area contributed by atoms with Crippen molar-refractivity contribution < 1.29 is 9.59 Å². The van der Waals surface area contributed by atoms with Gasteiger partial charge >= 0.3 is 6.03 Å². The molecule has 1 aliphatic rings. The van der Waals surface area contributed by atoms with Crippen LogP contribution in [0.2, 0.25) is 0 Å². The molecular weight excluding hydrogens is 290 g/mol. The molecule has 0 radical (unpaired) electrons. The summed E-state index contributed by atoms with van der Waals surface area (Å²) in [6, 6.07) is 16.9. The van der Waals surface area contributed by atoms with Crippen LogP contribution in [0.3, 0.4) is 0 Å². The number of hydrazine groups is 1. The van der Waals surface area contributed by atoms with Crippen LogP contribution >= 0.6 is 0 Å². The number of rotatable bonds is 3. The van der Waals surface area contributed by atoms with Crippen LogP contribution in [0.4, 0.5) is 10.5 Å². The Hall–Kier alpha value is -2.82. The number of urea groups is 1. The Morgan fingerprint density at radius 3 is 2.35 bits per heavy atom. The van der Waals surface area contributed by atoms with Crippen LogP contribution in [-0.4, -0.2) is 11.9 Å². The lowest BCUT2D eigenvalue weighted by Gasteiger charge is -2.09. The van der Waals surface area contributed by atoms with Gasteiger partial charge in [-0.05, 0) is 37.0 Å². The van der Waals surface area contributed by atoms with Crippen LogP contribution in [0.1, 0.15) is 23.5 Å². The van der Waals surface area contributed by atoms with Crippen LogP contribution in [-0.2, 0) is 4.79 Å². The van der Waals surface area contributed by atoms with Crippen molar-refractivity contribution >= 4 is 17.6 Å². The quantitative estimate of drug-likeness (QED) is 0.763. The Labute approximate surface area is 135 Å². The van der Waals surface area contributed by atoms with Gasteiger partial charge in [-0.3, -0.25) is 10.2 Å². The van der Waals surface area contributed by atoms with Gasteiger partial charge in [0.2, 0.25) is 5.91 Å². The molecule has 2 atom stereocenters. The summed E-state index contributed by atoms with van der Waals surface area (Å²) >= 11 is 0. The predicted molar refractivity (Wildman–Crippen MR) is 88.8 cm³/mol. The zero-order chi connectivity index (χ0) is 16.2. The van der Waals surface area contributed by atoms with E-state index >= 15 is 0 Å². The second-order valence-corrected chi connectivity index (χ2v) is 5.79. The zero-order valence-corrected chi connectivity index (χ0v) is 12.9. The highest BCUT2D eigenvalue weighted by Crippen LogP contribution is 2.47. The number of benzene rings is 2. The molecule has 1 fully saturated rings. The summed E-state index contributed by atoms with van der Waals surface area (Å²) < 4.78 is 0. The Morgan fingerprint density at radius 1 is 0.957 bits per heavy atom. The average molecular weight is 309 g/mol. The van der Waals surface area contributed by atoms with Crippen molar-refractivity contribution in [2.75, 3.05) is 5.32 Å². The molecule has 5 nitrogen and oxygen atoms in total. The second kappa shape index (κ2) is 6.52. The molecular formula is C18H19N3O2. The Balaban J connectivity index is 1.44. The Morgan fingerprint density at radius 2 is 1.65 bits per heavy atom. The molecule has 0 saturated heterocycles. The number of anilines is 1. The summed E-state index contributed by atoms with van der Waals surface area (Å²) in [5, 5.41) is 2.66. The topological polar surface area (TPSA) is 70.2 Å². The molecule has 0 bridgehead atoms. The normalized spacial score (nSPS) is 18.8. The summed E-state index contributed by atoms with van der Waals surface area (Å²) in [5.74, 6) is 0.0214. The van der Waals surface area contributed by atoms with Crippen molar-refractivity contribution in [2.45, 2.75) is 19.3 Å². The van der Waals surface area contributed by atoms with E-state index in [2.05, 4.69) is 16.2 Å². The maximum Gasteiger partial charge on any atom is 0.337 e. The fraction of sp³-hybridized carbons (Fsp3) is 0.222. The van der Waals surface area contributed by atoms with Crippen molar-refractivity contribution in [1.82, 2.24) is 10.9 Å². The lowest BCUT2D eigenvalue weighted by Crippen LogP contribution is -2.44. The van der Waals surface area contributed by atoms with Crippen LogP contribution < -0.4 is 16.2 Å². The maximum atomic E-state index is 12.0. The molecule has 0 aliphatic heterocycles. The van der Waals surface area contributed by atoms with E-state index in [1.54, 1.807) is 0 Å². The Kier molecular flexibility index (Phi) is 4.28. The van der Waals surface area contributed by atoms with Crippen molar-refractivity contribution in [2.24, 2.45) is 5.92 Å². The minimum Gasteiger partial charge on any atom is -0.307 e. The van der Waals surface area contributed by atoms with Gasteiger partial charge in [-0.2, -0.15) is 0 Å². The third-order valence-electron chi connectivity index (χ3n) is 3.96. The van der Waals surface area contributed by atoms with Gasteiger partial charge in [0.25, 0.3) is 0 Å². The van der Waals surface area contributed by atoms with E-state index in [-0.39, 0.29) is 17.7 Å². The molecule has 0 aromatic heterocycles. The first-order chi connectivity index (χ1) is 11.1. The fourth-order valence-electron chi connectivity index (χ4n) is 2.56. The summed E-state index contributed by atoms with van der Waals surface area (Å²) in [5.41, 5.74) is 7.82. The molecule has 1 saturated carbocycles. The highest BCUT2D eigenvalue weighted by Gasteiger charge is 2.43. The molecule has 3 amide bonds. The van der Waals surface area contributed by atoms with E-state index < -0.39 is 6.03 Å². The first-order valence-corrected chi connectivity index (χ1v) is 7.62. The van der Waals surface area contributed by atoms with Crippen molar-refractivity contribution in [1.29, 1.82) is 0 Å². The van der Waals surface area contributed by atoms with Crippen LogP contribution in [0, 0.1) is 12.8 Å². The summed E-state index contributed by atoms with van der Waals surface area (Å²) in [6.45, 7) is 1.98. The van der Waals surface area contributed by atoms with Gasteiger partial charge < -0.3 is 5.32 Å². The molecule has 23 heavy (non-hydrogen) atoms. The zero-order valence-electron chi connectivity index (χ0n) is 12.9. The minimum atomic E-state index is -0.459. The first kappa shape index (κ1) is 15.1. The van der Waals surface area contributed by atoms with Gasteiger partial charge in [-0.1, -0.05) is 48.0 Å². The molecule has 0 unspecified atom stereocenters. The average Bonchev–Trinajstić information content (AvgIpc) is 3.36. The Bertz CT molecular complexity index is 698. The second-order valence-electron chi connectivity index (χ2n) is 5.79. The van der Waals surface area contributed by atoms with Crippen molar-refractivity contribution in [3.05, 3.63) is 65.7 Å². The highest BCUT2D eigenvalue weighted by molar-refractivity contribution is 5.91. The molecule has 2 aromatic carbocycles. The third-order valence-corrected chi connectivity index (χ3v) is 3.96. The number of nitrogens with one attached hydrogen (secondary N) is 3. The van der Waals surface area contributed by atoms with Gasteiger partial charge in [0.1, 0.15) is 0 Å². The molecule has 2 aromatic rings. The van der Waals surface area contributed by atoms with E-state index in [4.69, 9.17) is 0 Å². The molecule has 0 spiro atoms. The van der Waals surface area contributed by atoms with Gasteiger partial charge in [0.15, 0.2) is 0 Å². The minimum absolute atomic E-state index is 0.0722. The van der Waals surface area contributed by atoms with Crippen molar-refractivity contribution in [3.63, 3.8) is 0 Å². The standard InChI is InChI=1S/C18H19N3O2/c1-12-7-9-14(10-8-12)19-18(23)21-20-17(22)16-11-15(16)13-5-3-2-4-6-13/h2-10,15-16H,11H2,1H3,(H,20,22)(H2,19,21,23)/t15-,16-/m1/s1. The smallest absolute Gasteiger partial charge is 0.307 e. The number of hydrogen-bond acceptors (Lipinski definition) is 2. The predicted octanol–water partition coefficient (Wildman–Crippen LogP) is 2.95. The highest BCUT2D eigenvalue weighted by atomic mass is 16.2. The summed E-state index contributed by atoms with van der Waals surface area (Å²) in [7, 11) is 0. The van der Waals surface area contributed by atoms with Gasteiger partial charge in [-0.25, -0.2) is 10.2 Å². The fourth-order valence-corrected chi connectivity index (χ4v) is 2.56. The van der Waals surface area contributed by atoms with Gasteiger partial charge in [0, 0.05) is 11.6 Å². The van der Waals surface area contributed by atoms with Crippen LogP contribution in [0.15, 0.2) is 54.6 Å². The van der Waals surface area contributed by atoms with E-state index in [0.717, 1.165) is 17.5 Å². The van der Waals surface area contributed by atoms with Crippen LogP contribution in [0.5, 0.6) is 0 Å². The molecule has 3 N–H and O–H groups in total. The number of carbonyl (C=O) groups is 2. The van der Waals surface area contributed by atoms with E-state index in [0.29, 0.717) is 5.69 Å². The van der Waals surface area contributed by atoms with E-state index in [1.807, 2.05) is 61.5 Å². The van der Waals surface area contributed by atoms with Crippen LogP contribution in [0.25, 0.3) is 0 Å². The number of carbonyl (C=O) groups excluding carboxylic acids is 2.